The average Bonchev–Trinajstić information content (AvgIpc) is 2.68. The van der Waals surface area contributed by atoms with Crippen molar-refractivity contribution >= 4 is 11.9 Å². The van der Waals surface area contributed by atoms with Crippen molar-refractivity contribution in [1.29, 1.82) is 0 Å². The first kappa shape index (κ1) is 21.2. The third-order valence-corrected chi connectivity index (χ3v) is 5.04. The second-order valence-electron chi connectivity index (χ2n) is 7.63. The second kappa shape index (κ2) is 10.9. The van der Waals surface area contributed by atoms with Gasteiger partial charge in [0.2, 0.25) is 5.91 Å². The van der Waals surface area contributed by atoms with Crippen LogP contribution in [0.15, 0.2) is 30.3 Å². The first-order valence-electron chi connectivity index (χ1n) is 10.0. The van der Waals surface area contributed by atoms with E-state index in [9.17, 15) is 9.59 Å². The van der Waals surface area contributed by atoms with Gasteiger partial charge in [-0.15, -0.1) is 0 Å². The van der Waals surface area contributed by atoms with Gasteiger partial charge in [-0.3, -0.25) is 4.79 Å². The Morgan fingerprint density at radius 3 is 2.52 bits per heavy atom. The molecule has 1 fully saturated rings. The van der Waals surface area contributed by atoms with Gasteiger partial charge in [0.25, 0.3) is 0 Å². The third kappa shape index (κ3) is 6.86. The lowest BCUT2D eigenvalue weighted by atomic mass is 9.84. The number of unbranched alkanes of at least 4 members (excludes halogenated alkanes) is 1. The molecule has 2 rings (SSSR count). The van der Waals surface area contributed by atoms with Gasteiger partial charge in [0.15, 0.2) is 0 Å². The number of urea groups is 1. The molecule has 6 heteroatoms. The molecule has 0 aromatic heterocycles. The van der Waals surface area contributed by atoms with Gasteiger partial charge in [-0.2, -0.15) is 0 Å². The Kier molecular flexibility index (Phi) is 8.58. The minimum atomic E-state index is -0.178. The van der Waals surface area contributed by atoms with E-state index < -0.39 is 0 Å². The van der Waals surface area contributed by atoms with E-state index in [1.807, 2.05) is 42.1 Å². The van der Waals surface area contributed by atoms with Gasteiger partial charge in [-0.1, -0.05) is 43.7 Å². The van der Waals surface area contributed by atoms with Crippen LogP contribution in [0, 0.1) is 5.92 Å². The highest BCUT2D eigenvalue weighted by Crippen LogP contribution is 2.30. The number of likely N-dealkylation sites (tertiary alicyclic amines) is 1. The van der Waals surface area contributed by atoms with Crippen LogP contribution in [0.25, 0.3) is 0 Å². The number of carbonyl (C=O) groups excluding carboxylic acids is 2. The molecule has 3 amide bonds. The van der Waals surface area contributed by atoms with E-state index in [1.165, 1.54) is 5.56 Å². The summed E-state index contributed by atoms with van der Waals surface area (Å²) in [7, 11) is 3.97. The molecule has 0 aliphatic carbocycles. The van der Waals surface area contributed by atoms with Crippen LogP contribution in [-0.2, 0) is 4.79 Å². The zero-order chi connectivity index (χ0) is 19.6. The van der Waals surface area contributed by atoms with Crippen molar-refractivity contribution in [3.05, 3.63) is 35.9 Å². The zero-order valence-electron chi connectivity index (χ0n) is 16.9. The van der Waals surface area contributed by atoms with Crippen molar-refractivity contribution in [3.63, 3.8) is 0 Å². The summed E-state index contributed by atoms with van der Waals surface area (Å²) in [6.07, 6.45) is 2.79. The van der Waals surface area contributed by atoms with Gasteiger partial charge in [0.05, 0.1) is 5.92 Å². The number of hydrogen-bond acceptors (Lipinski definition) is 3. The van der Waals surface area contributed by atoms with Crippen molar-refractivity contribution in [2.75, 3.05) is 46.8 Å². The number of likely N-dealkylation sites (N-methyl/N-ethyl adjacent to an activating group) is 1. The van der Waals surface area contributed by atoms with Crippen molar-refractivity contribution in [2.24, 2.45) is 5.92 Å². The molecule has 1 aliphatic heterocycles. The summed E-state index contributed by atoms with van der Waals surface area (Å²) in [6, 6.07) is 10.1. The lowest BCUT2D eigenvalue weighted by molar-refractivity contribution is -0.126. The van der Waals surface area contributed by atoms with E-state index in [0.717, 1.165) is 25.8 Å². The minimum absolute atomic E-state index is 0.0452. The molecule has 1 aromatic carbocycles. The Morgan fingerprint density at radius 2 is 1.85 bits per heavy atom. The molecule has 2 atom stereocenters. The predicted octanol–water partition coefficient (Wildman–Crippen LogP) is 2.28. The Hall–Kier alpha value is -2.08. The number of carbonyl (C=O) groups is 2. The number of amides is 3. The van der Waals surface area contributed by atoms with Gasteiger partial charge < -0.3 is 20.4 Å². The van der Waals surface area contributed by atoms with Crippen LogP contribution >= 0.6 is 0 Å². The van der Waals surface area contributed by atoms with Crippen molar-refractivity contribution in [3.8, 4) is 0 Å². The maximum absolute atomic E-state index is 12.7. The Labute approximate surface area is 163 Å². The quantitative estimate of drug-likeness (QED) is 0.686. The smallest absolute Gasteiger partial charge is 0.317 e. The van der Waals surface area contributed by atoms with E-state index in [-0.39, 0.29) is 23.8 Å². The molecule has 0 spiro atoms. The fourth-order valence-electron chi connectivity index (χ4n) is 3.45. The lowest BCUT2D eigenvalue weighted by Crippen LogP contribution is -2.51. The Balaban J connectivity index is 2.04. The van der Waals surface area contributed by atoms with Gasteiger partial charge >= 0.3 is 6.03 Å². The normalized spacial score (nSPS) is 19.8. The molecule has 150 valence electrons. The summed E-state index contributed by atoms with van der Waals surface area (Å²) in [5, 5.41) is 6.02. The SMILES string of the molecule is CCCCNC(=O)N1CC(C(=O)NCCN(C)C)CC(c2ccccc2)C1. The summed E-state index contributed by atoms with van der Waals surface area (Å²) in [6.45, 7) is 5.36. The van der Waals surface area contributed by atoms with Crippen LogP contribution in [0.4, 0.5) is 4.79 Å². The van der Waals surface area contributed by atoms with Crippen LogP contribution in [-0.4, -0.2) is 68.6 Å². The topological polar surface area (TPSA) is 64.7 Å². The van der Waals surface area contributed by atoms with Crippen molar-refractivity contribution in [2.45, 2.75) is 32.1 Å². The van der Waals surface area contributed by atoms with Crippen LogP contribution in [0.2, 0.25) is 0 Å². The maximum Gasteiger partial charge on any atom is 0.317 e. The van der Waals surface area contributed by atoms with Gasteiger partial charge in [-0.25, -0.2) is 4.79 Å². The summed E-state index contributed by atoms with van der Waals surface area (Å²) in [5.41, 5.74) is 1.19. The largest absolute Gasteiger partial charge is 0.355 e. The third-order valence-electron chi connectivity index (χ3n) is 5.04. The monoisotopic (exact) mass is 374 g/mol. The van der Waals surface area contributed by atoms with E-state index in [0.29, 0.717) is 26.2 Å². The number of nitrogens with one attached hydrogen (secondary N) is 2. The summed E-state index contributed by atoms with van der Waals surface area (Å²) >= 11 is 0. The highest BCUT2D eigenvalue weighted by atomic mass is 16.2. The molecule has 0 saturated carbocycles. The fourth-order valence-corrected chi connectivity index (χ4v) is 3.45. The highest BCUT2D eigenvalue weighted by Gasteiger charge is 2.34. The standard InChI is InChI=1S/C21H34N4O2/c1-4-5-11-23-21(27)25-15-18(17-9-7-6-8-10-17)14-19(16-25)20(26)22-12-13-24(2)3/h6-10,18-19H,4-5,11-16H2,1-3H3,(H,22,26)(H,23,27). The predicted molar refractivity (Wildman–Crippen MR) is 109 cm³/mol. The van der Waals surface area contributed by atoms with E-state index in [4.69, 9.17) is 0 Å². The first-order chi connectivity index (χ1) is 13.0. The number of rotatable bonds is 8. The Bertz CT molecular complexity index is 591. The molecule has 1 aliphatic rings. The summed E-state index contributed by atoms with van der Waals surface area (Å²) in [5.74, 6) is 0.0494. The lowest BCUT2D eigenvalue weighted by Gasteiger charge is -2.37. The van der Waals surface area contributed by atoms with E-state index in [2.05, 4.69) is 29.7 Å². The maximum atomic E-state index is 12.7. The summed E-state index contributed by atoms with van der Waals surface area (Å²) in [4.78, 5) is 29.2. The number of benzene rings is 1. The van der Waals surface area contributed by atoms with E-state index >= 15 is 0 Å². The molecule has 6 nitrogen and oxygen atoms in total. The molecule has 27 heavy (non-hydrogen) atoms. The highest BCUT2D eigenvalue weighted by molar-refractivity contribution is 5.81. The molecule has 0 radical (unpaired) electrons. The van der Waals surface area contributed by atoms with Gasteiger partial charge in [0.1, 0.15) is 0 Å². The number of piperidine rings is 1. The van der Waals surface area contributed by atoms with Crippen LogP contribution < -0.4 is 10.6 Å². The molecule has 2 N–H and O–H groups in total. The fraction of sp³-hybridized carbons (Fsp3) is 0.619. The van der Waals surface area contributed by atoms with Crippen LogP contribution in [0.3, 0.4) is 0 Å². The molecule has 0 bridgehead atoms. The first-order valence-corrected chi connectivity index (χ1v) is 10.0. The molecule has 1 heterocycles. The number of nitrogens with zero attached hydrogens (tertiary/aromatic N) is 2. The van der Waals surface area contributed by atoms with Gasteiger partial charge in [-0.05, 0) is 32.5 Å². The molecule has 2 unspecified atom stereocenters. The minimum Gasteiger partial charge on any atom is -0.355 e. The molecular formula is C21H34N4O2. The average molecular weight is 375 g/mol. The second-order valence-corrected chi connectivity index (χ2v) is 7.63. The molecule has 1 saturated heterocycles. The molecule has 1 aromatic rings. The molecular weight excluding hydrogens is 340 g/mol. The summed E-state index contributed by atoms with van der Waals surface area (Å²) < 4.78 is 0. The number of hydrogen-bond donors (Lipinski definition) is 2. The Morgan fingerprint density at radius 1 is 1.11 bits per heavy atom. The van der Waals surface area contributed by atoms with Crippen molar-refractivity contribution < 1.29 is 9.59 Å². The van der Waals surface area contributed by atoms with E-state index in [1.54, 1.807) is 0 Å². The van der Waals surface area contributed by atoms with Crippen molar-refractivity contribution in [1.82, 2.24) is 20.4 Å². The zero-order valence-corrected chi connectivity index (χ0v) is 16.9. The van der Waals surface area contributed by atoms with Crippen LogP contribution in [0.1, 0.15) is 37.7 Å². The van der Waals surface area contributed by atoms with Crippen LogP contribution in [0.5, 0.6) is 0 Å². The van der Waals surface area contributed by atoms with Gasteiger partial charge in [0, 0.05) is 38.6 Å².